The summed E-state index contributed by atoms with van der Waals surface area (Å²) in [6.45, 7) is 0. The van der Waals surface area contributed by atoms with Gasteiger partial charge in [-0.3, -0.25) is 0 Å². The third-order valence-electron chi connectivity index (χ3n) is 5.46. The van der Waals surface area contributed by atoms with E-state index in [0.29, 0.717) is 12.1 Å². The van der Waals surface area contributed by atoms with Crippen molar-refractivity contribution in [3.8, 4) is 0 Å². The second-order valence-electron chi connectivity index (χ2n) is 6.80. The Labute approximate surface area is 130 Å². The fraction of sp³-hybridized carbons (Fsp3) is 0.588. The molecule has 0 spiro atoms. The van der Waals surface area contributed by atoms with Crippen molar-refractivity contribution in [1.29, 1.82) is 0 Å². The van der Waals surface area contributed by atoms with Gasteiger partial charge in [-0.2, -0.15) is 4.80 Å². The smallest absolute Gasteiger partial charge is 0.185 e. The molecule has 0 radical (unpaired) electrons. The highest BCUT2D eigenvalue weighted by Gasteiger charge is 2.44. The molecule has 22 heavy (non-hydrogen) atoms. The molecule has 0 unspecified atom stereocenters. The van der Waals surface area contributed by atoms with E-state index in [1.54, 1.807) is 0 Å². The van der Waals surface area contributed by atoms with Gasteiger partial charge >= 0.3 is 0 Å². The van der Waals surface area contributed by atoms with Crippen molar-refractivity contribution >= 4 is 0 Å². The van der Waals surface area contributed by atoms with E-state index in [4.69, 9.17) is 10.8 Å². The summed E-state index contributed by atoms with van der Waals surface area (Å²) in [6, 6.07) is 11.4. The molecule has 4 rings (SSSR count). The molecule has 0 saturated heterocycles. The van der Waals surface area contributed by atoms with Crippen molar-refractivity contribution in [2.75, 3.05) is 0 Å². The van der Waals surface area contributed by atoms with Crippen LogP contribution in [0.15, 0.2) is 30.3 Å². The van der Waals surface area contributed by atoms with Gasteiger partial charge in [-0.15, -0.1) is 10.2 Å². The lowest BCUT2D eigenvalue weighted by atomic mass is 9.64. The van der Waals surface area contributed by atoms with Gasteiger partial charge in [0.15, 0.2) is 5.82 Å². The summed E-state index contributed by atoms with van der Waals surface area (Å²) >= 11 is 0. The summed E-state index contributed by atoms with van der Waals surface area (Å²) in [5.41, 5.74) is 7.31. The molecule has 2 aliphatic carbocycles. The first-order valence-electron chi connectivity index (χ1n) is 8.39. The molecule has 2 N–H and O–H groups in total. The molecule has 0 atom stereocenters. The number of nitrogens with zero attached hydrogens (tertiary/aromatic N) is 4. The fourth-order valence-electron chi connectivity index (χ4n) is 3.83. The average Bonchev–Trinajstić information content (AvgIpc) is 2.98. The summed E-state index contributed by atoms with van der Waals surface area (Å²) in [7, 11) is 0. The maximum atomic E-state index is 5.99. The largest absolute Gasteiger partial charge is 0.328 e. The Morgan fingerprint density at radius 1 is 1.05 bits per heavy atom. The molecule has 0 amide bonds. The van der Waals surface area contributed by atoms with E-state index in [2.05, 4.69) is 40.6 Å². The van der Waals surface area contributed by atoms with Crippen LogP contribution in [0, 0.1) is 0 Å². The van der Waals surface area contributed by atoms with Crippen molar-refractivity contribution in [2.24, 2.45) is 5.73 Å². The Morgan fingerprint density at radius 3 is 2.41 bits per heavy atom. The van der Waals surface area contributed by atoms with Crippen LogP contribution in [-0.2, 0) is 5.41 Å². The van der Waals surface area contributed by atoms with Gasteiger partial charge in [-0.25, -0.2) is 0 Å². The third kappa shape index (κ3) is 2.24. The van der Waals surface area contributed by atoms with Gasteiger partial charge in [0, 0.05) is 6.04 Å². The van der Waals surface area contributed by atoms with Crippen LogP contribution in [0.25, 0.3) is 0 Å². The number of hydrogen-bond donors (Lipinski definition) is 1. The van der Waals surface area contributed by atoms with E-state index in [9.17, 15) is 0 Å². The molecule has 116 valence electrons. The molecule has 1 aromatic heterocycles. The zero-order valence-corrected chi connectivity index (χ0v) is 12.9. The predicted octanol–water partition coefficient (Wildman–Crippen LogP) is 2.59. The molecule has 1 aromatic carbocycles. The van der Waals surface area contributed by atoms with Crippen LogP contribution in [0.4, 0.5) is 0 Å². The molecule has 2 saturated carbocycles. The van der Waals surface area contributed by atoms with Gasteiger partial charge in [0.1, 0.15) is 0 Å². The highest BCUT2D eigenvalue weighted by Crippen LogP contribution is 2.47. The maximum Gasteiger partial charge on any atom is 0.185 e. The summed E-state index contributed by atoms with van der Waals surface area (Å²) in [6.07, 6.45) is 7.74. The Kier molecular flexibility index (Phi) is 3.45. The first-order chi connectivity index (χ1) is 10.8. The molecule has 1 heterocycles. The first kappa shape index (κ1) is 13.9. The molecule has 2 aromatic rings. The van der Waals surface area contributed by atoms with Crippen LogP contribution in [0.2, 0.25) is 0 Å². The van der Waals surface area contributed by atoms with Gasteiger partial charge < -0.3 is 5.73 Å². The van der Waals surface area contributed by atoms with Crippen molar-refractivity contribution in [3.05, 3.63) is 41.7 Å². The van der Waals surface area contributed by atoms with E-state index >= 15 is 0 Å². The van der Waals surface area contributed by atoms with Gasteiger partial charge in [0.05, 0.1) is 11.5 Å². The van der Waals surface area contributed by atoms with Crippen LogP contribution in [-0.4, -0.2) is 26.2 Å². The predicted molar refractivity (Wildman–Crippen MR) is 84.4 cm³/mol. The van der Waals surface area contributed by atoms with Crippen molar-refractivity contribution in [1.82, 2.24) is 20.2 Å². The van der Waals surface area contributed by atoms with Crippen LogP contribution in [0.3, 0.4) is 0 Å². The van der Waals surface area contributed by atoms with Gasteiger partial charge in [0.25, 0.3) is 0 Å². The monoisotopic (exact) mass is 297 g/mol. The minimum absolute atomic E-state index is 0.00935. The topological polar surface area (TPSA) is 69.6 Å². The second kappa shape index (κ2) is 5.47. The molecule has 0 aliphatic heterocycles. The van der Waals surface area contributed by atoms with E-state index in [-0.39, 0.29) is 5.41 Å². The van der Waals surface area contributed by atoms with E-state index < -0.39 is 0 Å². The van der Waals surface area contributed by atoms with E-state index in [1.165, 1.54) is 12.0 Å². The van der Waals surface area contributed by atoms with E-state index in [1.807, 2.05) is 4.80 Å². The molecule has 0 bridgehead atoms. The number of hydrogen-bond acceptors (Lipinski definition) is 4. The zero-order chi connectivity index (χ0) is 15.0. The zero-order valence-electron chi connectivity index (χ0n) is 12.9. The number of nitrogens with two attached hydrogens (primary N) is 1. The molecule has 2 fully saturated rings. The normalized spacial score (nSPS) is 27.3. The maximum absolute atomic E-state index is 5.99. The quantitative estimate of drug-likeness (QED) is 0.945. The highest BCUT2D eigenvalue weighted by atomic mass is 15.6. The van der Waals surface area contributed by atoms with Gasteiger partial charge in [-0.1, -0.05) is 36.8 Å². The number of benzene rings is 1. The van der Waals surface area contributed by atoms with Crippen molar-refractivity contribution in [2.45, 2.75) is 62.4 Å². The van der Waals surface area contributed by atoms with Crippen LogP contribution < -0.4 is 5.73 Å². The summed E-state index contributed by atoms with van der Waals surface area (Å²) < 4.78 is 0. The highest BCUT2D eigenvalue weighted by molar-refractivity contribution is 5.34. The lowest BCUT2D eigenvalue weighted by molar-refractivity contribution is 0.264. The first-order valence-corrected chi connectivity index (χ1v) is 8.39. The Balaban J connectivity index is 1.60. The minimum Gasteiger partial charge on any atom is -0.328 e. The summed E-state index contributed by atoms with van der Waals surface area (Å²) in [5.74, 6) is 0.903. The van der Waals surface area contributed by atoms with Crippen LogP contribution >= 0.6 is 0 Å². The number of tetrazole rings is 1. The fourth-order valence-corrected chi connectivity index (χ4v) is 3.83. The summed E-state index contributed by atoms with van der Waals surface area (Å²) in [5, 5.41) is 13.6. The molecular formula is C17H23N5. The Morgan fingerprint density at radius 2 is 1.77 bits per heavy atom. The number of aromatic nitrogens is 4. The molecule has 5 nitrogen and oxygen atoms in total. The van der Waals surface area contributed by atoms with Gasteiger partial charge in [-0.05, 0) is 49.3 Å². The average molecular weight is 297 g/mol. The van der Waals surface area contributed by atoms with E-state index in [0.717, 1.165) is 44.3 Å². The lowest BCUT2D eigenvalue weighted by Crippen LogP contribution is -2.37. The van der Waals surface area contributed by atoms with Crippen molar-refractivity contribution < 1.29 is 0 Å². The minimum atomic E-state index is -0.00935. The standard InChI is InChI=1S/C17H23N5/c18-14-7-9-15(10-8-14)22-20-16(19-21-22)17(11-4-12-17)13-5-2-1-3-6-13/h1-3,5-6,14-15H,4,7-12,18H2. The second-order valence-corrected chi connectivity index (χ2v) is 6.80. The molecule has 5 heteroatoms. The summed E-state index contributed by atoms with van der Waals surface area (Å²) in [4.78, 5) is 1.85. The van der Waals surface area contributed by atoms with Crippen LogP contribution in [0.5, 0.6) is 0 Å². The number of rotatable bonds is 3. The molecule has 2 aliphatic rings. The van der Waals surface area contributed by atoms with Gasteiger partial charge in [0.2, 0.25) is 0 Å². The van der Waals surface area contributed by atoms with Crippen LogP contribution in [0.1, 0.15) is 62.4 Å². The van der Waals surface area contributed by atoms with Crippen molar-refractivity contribution in [3.63, 3.8) is 0 Å². The SMILES string of the molecule is NC1CCC(n2nnc(C3(c4ccccc4)CCC3)n2)CC1. The Bertz CT molecular complexity index is 624. The third-order valence-corrected chi connectivity index (χ3v) is 5.46. The lowest BCUT2D eigenvalue weighted by Gasteiger charge is -2.39. The molecular weight excluding hydrogens is 274 g/mol. The Hall–Kier alpha value is -1.75.